The molecule has 0 aromatic heterocycles. The van der Waals surface area contributed by atoms with Crippen LogP contribution in [0.1, 0.15) is 114 Å². The number of esters is 3. The molecular weight excluding hydrogens is 879 g/mol. The van der Waals surface area contributed by atoms with Crippen LogP contribution in [0.4, 0.5) is 4.79 Å². The van der Waals surface area contributed by atoms with Crippen molar-refractivity contribution < 1.29 is 57.3 Å². The Kier molecular flexibility index (Phi) is 25.3. The van der Waals surface area contributed by atoms with Crippen LogP contribution >= 0.6 is 0 Å². The maximum Gasteiger partial charge on any atom is 0.407 e. The van der Waals surface area contributed by atoms with Crippen LogP contribution in [-0.4, -0.2) is 181 Å². The number of hydrogen-bond donors (Lipinski definition) is 3. The van der Waals surface area contributed by atoms with Gasteiger partial charge in [-0.1, -0.05) is 30.3 Å². The number of Topliss-reactive ketones (excluding diaryl/α,β-unsaturated/α-hetero) is 2. The molecule has 1 aromatic rings. The van der Waals surface area contributed by atoms with E-state index in [9.17, 15) is 38.4 Å². The molecule has 19 nitrogen and oxygen atoms in total. The maximum atomic E-state index is 14.0. The summed E-state index contributed by atoms with van der Waals surface area (Å²) in [5, 5.41) is 7.97. The van der Waals surface area contributed by atoms with E-state index >= 15 is 0 Å². The Hall–Kier alpha value is -4.98. The van der Waals surface area contributed by atoms with Gasteiger partial charge in [0.05, 0.1) is 26.2 Å². The highest BCUT2D eigenvalue weighted by atomic mass is 16.6. The van der Waals surface area contributed by atoms with E-state index in [-0.39, 0.29) is 70.2 Å². The van der Waals surface area contributed by atoms with Gasteiger partial charge in [-0.2, -0.15) is 0 Å². The molecule has 3 N–H and O–H groups in total. The molecule has 0 saturated carbocycles. The maximum absolute atomic E-state index is 14.0. The van der Waals surface area contributed by atoms with Gasteiger partial charge in [0.25, 0.3) is 0 Å². The number of unbranched alkanes of at least 4 members (excludes halogenated alkanes) is 1. The van der Waals surface area contributed by atoms with Crippen molar-refractivity contribution in [2.45, 2.75) is 144 Å². The molecule has 68 heavy (non-hydrogen) atoms. The lowest BCUT2D eigenvalue weighted by Gasteiger charge is -2.37. The predicted octanol–water partition coefficient (Wildman–Crippen LogP) is 3.26. The van der Waals surface area contributed by atoms with Gasteiger partial charge in [-0.05, 0) is 107 Å². The molecule has 1 aliphatic heterocycles. The smallest absolute Gasteiger partial charge is 0.407 e. The lowest BCUT2D eigenvalue weighted by molar-refractivity contribution is -0.163. The topological polar surface area (TPSA) is 223 Å². The van der Waals surface area contributed by atoms with Gasteiger partial charge in [-0.15, -0.1) is 0 Å². The van der Waals surface area contributed by atoms with E-state index in [0.29, 0.717) is 58.7 Å². The summed E-state index contributed by atoms with van der Waals surface area (Å²) in [6.45, 7) is 22.2. The zero-order chi connectivity index (χ0) is 51.1. The summed E-state index contributed by atoms with van der Waals surface area (Å²) in [5.74, 6) is -2.81. The fourth-order valence-corrected chi connectivity index (χ4v) is 7.18. The lowest BCUT2D eigenvalue weighted by Crippen LogP contribution is -2.53. The first-order chi connectivity index (χ1) is 31.7. The first kappa shape index (κ1) is 59.1. The minimum atomic E-state index is -1.02. The minimum Gasteiger partial charge on any atom is -0.459 e. The number of carbonyl (C=O) groups excluding carboxylic acids is 8. The normalized spacial score (nSPS) is 16.2. The molecule has 19 heteroatoms. The second-order valence-electron chi connectivity index (χ2n) is 20.4. The molecule has 1 saturated heterocycles. The van der Waals surface area contributed by atoms with Gasteiger partial charge in [-0.3, -0.25) is 48.4 Å². The Morgan fingerprint density at radius 1 is 0.588 bits per heavy atom. The average Bonchev–Trinajstić information content (AvgIpc) is 3.20. The van der Waals surface area contributed by atoms with Gasteiger partial charge in [-0.25, -0.2) is 9.59 Å². The van der Waals surface area contributed by atoms with Gasteiger partial charge < -0.3 is 34.9 Å². The number of ketones is 2. The summed E-state index contributed by atoms with van der Waals surface area (Å²) < 4.78 is 22.3. The number of amides is 3. The van der Waals surface area contributed by atoms with Crippen molar-refractivity contribution in [2.24, 2.45) is 0 Å². The SMILES string of the molecule is CC(=O)CN1CCN(CC(C)=O)CCN(C(CCC(=O)NCC(=O)N[C@@H](CCCCNC(=O)OCc2ccccc2)C(=O)OC(C)(C)C)C(=O)OC(C)(C)C)CCN(CC(=O)OC(C)(C)C)CC1. The van der Waals surface area contributed by atoms with E-state index in [4.69, 9.17) is 18.9 Å². The van der Waals surface area contributed by atoms with E-state index in [0.717, 1.165) is 5.56 Å². The highest BCUT2D eigenvalue weighted by molar-refractivity contribution is 5.88. The number of hydrogen-bond acceptors (Lipinski definition) is 16. The van der Waals surface area contributed by atoms with Crippen molar-refractivity contribution in [2.75, 3.05) is 85.1 Å². The molecule has 1 heterocycles. The van der Waals surface area contributed by atoms with E-state index in [1.54, 1.807) is 62.3 Å². The van der Waals surface area contributed by atoms with E-state index in [1.807, 2.05) is 49.9 Å². The summed E-state index contributed by atoms with van der Waals surface area (Å²) >= 11 is 0. The van der Waals surface area contributed by atoms with Gasteiger partial charge >= 0.3 is 24.0 Å². The molecular formula is C49H81N7O12. The molecule has 1 aliphatic rings. The molecule has 3 amide bonds. The molecule has 2 atom stereocenters. The minimum absolute atomic E-state index is 0.00737. The van der Waals surface area contributed by atoms with Crippen LogP contribution in [0.25, 0.3) is 0 Å². The second kappa shape index (κ2) is 29.1. The van der Waals surface area contributed by atoms with E-state index < -0.39 is 71.2 Å². The van der Waals surface area contributed by atoms with Crippen molar-refractivity contribution >= 4 is 47.4 Å². The van der Waals surface area contributed by atoms with Gasteiger partial charge in [0.1, 0.15) is 47.1 Å². The summed E-state index contributed by atoms with van der Waals surface area (Å²) in [6.07, 6.45) is 0.415. The van der Waals surface area contributed by atoms with Crippen molar-refractivity contribution in [1.82, 2.24) is 35.6 Å². The number of carbonyl (C=O) groups is 8. The van der Waals surface area contributed by atoms with Crippen molar-refractivity contribution in [1.29, 1.82) is 0 Å². The Bertz CT molecular complexity index is 1790. The molecule has 1 unspecified atom stereocenters. The molecule has 384 valence electrons. The monoisotopic (exact) mass is 960 g/mol. The molecule has 1 aromatic carbocycles. The third kappa shape index (κ3) is 27.7. The summed E-state index contributed by atoms with van der Waals surface area (Å²) in [7, 11) is 0. The molecule has 0 spiro atoms. The Labute approximate surface area is 404 Å². The highest BCUT2D eigenvalue weighted by Gasteiger charge is 2.33. The lowest BCUT2D eigenvalue weighted by atomic mass is 10.1. The van der Waals surface area contributed by atoms with Crippen LogP contribution in [0.5, 0.6) is 0 Å². The van der Waals surface area contributed by atoms with E-state index in [1.165, 1.54) is 13.8 Å². The number of nitrogens with one attached hydrogen (secondary N) is 3. The van der Waals surface area contributed by atoms with Gasteiger partial charge in [0, 0.05) is 65.3 Å². The number of benzene rings is 1. The Morgan fingerprint density at radius 2 is 1.09 bits per heavy atom. The van der Waals surface area contributed by atoms with Crippen LogP contribution in [0, 0.1) is 0 Å². The number of alkyl carbamates (subject to hydrolysis) is 1. The molecule has 0 aliphatic carbocycles. The fraction of sp³-hybridized carbons (Fsp3) is 0.714. The third-order valence-electron chi connectivity index (χ3n) is 10.2. The van der Waals surface area contributed by atoms with Crippen LogP contribution in [0.2, 0.25) is 0 Å². The van der Waals surface area contributed by atoms with Crippen molar-refractivity contribution in [3.05, 3.63) is 35.9 Å². The zero-order valence-corrected chi connectivity index (χ0v) is 42.7. The Morgan fingerprint density at radius 3 is 1.60 bits per heavy atom. The standard InChI is InChI=1S/C49H81N7O12/c1-36(57)32-53-23-24-54(33-37(2)58)27-29-56(30-28-55(26-25-53)34-43(61)66-47(3,4)5)40(45(63)68-49(9,10)11)20-21-41(59)51-31-42(60)52-39(44(62)67-48(6,7)8)19-15-16-22-50-46(64)65-35-38-17-13-12-14-18-38/h12-14,17-18,39-40H,15-16,19-35H2,1-11H3,(H,50,64)(H,51,59)(H,52,60)/t39-,40?/m0/s1. The van der Waals surface area contributed by atoms with Gasteiger partial charge in [0.2, 0.25) is 11.8 Å². The van der Waals surface area contributed by atoms with E-state index in [2.05, 4.69) is 16.0 Å². The second-order valence-corrected chi connectivity index (χ2v) is 20.4. The number of rotatable bonds is 22. The molecule has 2 rings (SSSR count). The van der Waals surface area contributed by atoms with Crippen LogP contribution in [0.3, 0.4) is 0 Å². The third-order valence-corrected chi connectivity index (χ3v) is 10.2. The van der Waals surface area contributed by atoms with Crippen LogP contribution < -0.4 is 16.0 Å². The predicted molar refractivity (Wildman–Crippen MR) is 256 cm³/mol. The van der Waals surface area contributed by atoms with Crippen LogP contribution in [0.15, 0.2) is 30.3 Å². The fourth-order valence-electron chi connectivity index (χ4n) is 7.18. The first-order valence-corrected chi connectivity index (χ1v) is 23.8. The molecule has 0 bridgehead atoms. The first-order valence-electron chi connectivity index (χ1n) is 23.8. The quantitative estimate of drug-likeness (QED) is 0.0862. The zero-order valence-electron chi connectivity index (χ0n) is 42.7. The highest BCUT2D eigenvalue weighted by Crippen LogP contribution is 2.18. The summed E-state index contributed by atoms with van der Waals surface area (Å²) in [6, 6.07) is 7.32. The van der Waals surface area contributed by atoms with Gasteiger partial charge in [0.15, 0.2) is 0 Å². The molecule has 1 fully saturated rings. The summed E-state index contributed by atoms with van der Waals surface area (Å²) in [4.78, 5) is 112. The number of nitrogens with zero attached hydrogens (tertiary/aromatic N) is 4. The van der Waals surface area contributed by atoms with Crippen molar-refractivity contribution in [3.63, 3.8) is 0 Å². The average molecular weight is 960 g/mol. The summed E-state index contributed by atoms with van der Waals surface area (Å²) in [5.41, 5.74) is -1.54. The number of ether oxygens (including phenoxy) is 4. The largest absolute Gasteiger partial charge is 0.459 e. The Balaban J connectivity index is 2.19. The van der Waals surface area contributed by atoms with Crippen molar-refractivity contribution in [3.8, 4) is 0 Å². The van der Waals surface area contributed by atoms with Crippen LogP contribution in [-0.2, 0) is 59.1 Å². The molecule has 0 radical (unpaired) electrons.